The maximum absolute atomic E-state index is 12.5. The van der Waals surface area contributed by atoms with Gasteiger partial charge in [-0.15, -0.1) is 0 Å². The zero-order chi connectivity index (χ0) is 50.6. The molecule has 0 spiro atoms. The molecule has 0 heterocycles. The molecule has 0 aromatic rings. The monoisotopic (exact) mass is 980 g/mol. The number of amides is 1. The summed E-state index contributed by atoms with van der Waals surface area (Å²) < 4.78 is 0. The van der Waals surface area contributed by atoms with E-state index in [2.05, 4.69) is 67.8 Å². The summed E-state index contributed by atoms with van der Waals surface area (Å²) in [5, 5.41) is 23.4. The fourth-order valence-electron chi connectivity index (χ4n) is 10.1. The number of carbonyl (C=O) groups is 1. The van der Waals surface area contributed by atoms with Gasteiger partial charge < -0.3 is 15.5 Å². The standard InChI is InChI=1S/C66H125NO3/c1-3-5-7-9-11-13-15-17-19-21-22-23-24-25-26-27-28-29-30-31-32-33-34-35-36-37-38-39-40-41-42-43-44-46-48-50-52-54-56-58-60-62-66(70)67-64(63-68)65(69)61-59-57-55-53-51-49-47-45-20-18-16-14-12-10-8-6-4-2/h5,7,11,13,17,19,22-23,64-65,68-69H,3-4,6,8-10,12,14-16,18,20-21,24-63H2,1-2H3,(H,67,70)/b7-5-,13-11-,19-17-,23-22-. The second kappa shape index (κ2) is 61.6. The van der Waals surface area contributed by atoms with Crippen LogP contribution in [0.2, 0.25) is 0 Å². The number of allylic oxidation sites excluding steroid dienone is 8. The molecule has 0 saturated heterocycles. The predicted molar refractivity (Wildman–Crippen MR) is 313 cm³/mol. The summed E-state index contributed by atoms with van der Waals surface area (Å²) in [4.78, 5) is 12.5. The molecule has 2 unspecified atom stereocenters. The molecule has 0 aromatic carbocycles. The molecular weight excluding hydrogens is 855 g/mol. The average Bonchev–Trinajstić information content (AvgIpc) is 3.36. The number of aliphatic hydroxyl groups is 2. The minimum Gasteiger partial charge on any atom is -0.394 e. The van der Waals surface area contributed by atoms with Gasteiger partial charge in [-0.2, -0.15) is 0 Å². The summed E-state index contributed by atoms with van der Waals surface area (Å²) in [6, 6.07) is -0.534. The third-order valence-electron chi connectivity index (χ3n) is 14.9. The third kappa shape index (κ3) is 57.3. The predicted octanol–water partition coefficient (Wildman–Crippen LogP) is 21.4. The lowest BCUT2D eigenvalue weighted by Gasteiger charge is -2.22. The average molecular weight is 981 g/mol. The second-order valence-electron chi connectivity index (χ2n) is 21.8. The Labute approximate surface area is 439 Å². The van der Waals surface area contributed by atoms with Gasteiger partial charge in [0.05, 0.1) is 18.8 Å². The van der Waals surface area contributed by atoms with E-state index in [1.807, 2.05) is 0 Å². The van der Waals surface area contributed by atoms with Gasteiger partial charge in [-0.25, -0.2) is 0 Å². The Kier molecular flexibility index (Phi) is 60.2. The molecular formula is C66H125NO3. The summed E-state index contributed by atoms with van der Waals surface area (Å²) >= 11 is 0. The van der Waals surface area contributed by atoms with E-state index in [4.69, 9.17) is 0 Å². The van der Waals surface area contributed by atoms with Gasteiger partial charge in [-0.1, -0.05) is 339 Å². The highest BCUT2D eigenvalue weighted by Gasteiger charge is 2.20. The number of hydrogen-bond donors (Lipinski definition) is 3. The van der Waals surface area contributed by atoms with Crippen LogP contribution in [0.25, 0.3) is 0 Å². The molecule has 0 aliphatic heterocycles. The summed E-state index contributed by atoms with van der Waals surface area (Å²) in [6.07, 6.45) is 85.8. The largest absolute Gasteiger partial charge is 0.394 e. The Morgan fingerprint density at radius 1 is 0.357 bits per heavy atom. The number of nitrogens with one attached hydrogen (secondary N) is 1. The van der Waals surface area contributed by atoms with Gasteiger partial charge in [0.15, 0.2) is 0 Å². The molecule has 0 fully saturated rings. The molecule has 412 valence electrons. The van der Waals surface area contributed by atoms with Gasteiger partial charge in [0.2, 0.25) is 5.91 Å². The molecule has 3 N–H and O–H groups in total. The van der Waals surface area contributed by atoms with E-state index in [0.29, 0.717) is 12.8 Å². The van der Waals surface area contributed by atoms with Crippen molar-refractivity contribution in [2.75, 3.05) is 6.61 Å². The first-order valence-electron chi connectivity index (χ1n) is 31.8. The van der Waals surface area contributed by atoms with Crippen molar-refractivity contribution in [2.24, 2.45) is 0 Å². The van der Waals surface area contributed by atoms with Crippen LogP contribution in [0.15, 0.2) is 48.6 Å². The first-order valence-corrected chi connectivity index (χ1v) is 31.8. The van der Waals surface area contributed by atoms with Crippen molar-refractivity contribution in [1.29, 1.82) is 0 Å². The molecule has 0 bridgehead atoms. The van der Waals surface area contributed by atoms with E-state index >= 15 is 0 Å². The molecule has 1 amide bonds. The minimum atomic E-state index is -0.657. The maximum Gasteiger partial charge on any atom is 0.220 e. The van der Waals surface area contributed by atoms with E-state index in [0.717, 1.165) is 51.4 Å². The zero-order valence-electron chi connectivity index (χ0n) is 47.6. The Bertz CT molecular complexity index is 1110. The number of aliphatic hydroxyl groups excluding tert-OH is 2. The van der Waals surface area contributed by atoms with E-state index in [-0.39, 0.29) is 12.5 Å². The third-order valence-corrected chi connectivity index (χ3v) is 14.9. The number of carbonyl (C=O) groups excluding carboxylic acids is 1. The van der Waals surface area contributed by atoms with Crippen LogP contribution < -0.4 is 5.32 Å². The number of rotatable bonds is 59. The quantitative estimate of drug-likeness (QED) is 0.0420. The smallest absolute Gasteiger partial charge is 0.220 e. The molecule has 70 heavy (non-hydrogen) atoms. The van der Waals surface area contributed by atoms with Gasteiger partial charge in [0.1, 0.15) is 0 Å². The van der Waals surface area contributed by atoms with Crippen LogP contribution in [0, 0.1) is 0 Å². The fraction of sp³-hybridized carbons (Fsp3) is 0.864. The molecule has 0 aliphatic carbocycles. The van der Waals surface area contributed by atoms with Gasteiger partial charge in [-0.05, 0) is 51.4 Å². The SMILES string of the molecule is CC/C=C\C/C=C\C/C=C\C/C=C\CCCCCCCCCCCCCCCCCCCCCCCCCCCCCCC(=O)NC(CO)C(O)CCCCCCCCCCCCCCCCCCC. The zero-order valence-corrected chi connectivity index (χ0v) is 47.6. The minimum absolute atomic E-state index is 0.0240. The Balaban J connectivity index is 3.36. The molecule has 0 saturated carbocycles. The van der Waals surface area contributed by atoms with Gasteiger partial charge >= 0.3 is 0 Å². The van der Waals surface area contributed by atoms with Crippen LogP contribution in [-0.4, -0.2) is 34.9 Å². The van der Waals surface area contributed by atoms with Crippen molar-refractivity contribution in [2.45, 2.75) is 360 Å². The van der Waals surface area contributed by atoms with Gasteiger partial charge in [0.25, 0.3) is 0 Å². The molecule has 2 atom stereocenters. The van der Waals surface area contributed by atoms with Crippen LogP contribution in [0.1, 0.15) is 348 Å². The molecule has 0 aliphatic rings. The lowest BCUT2D eigenvalue weighted by Crippen LogP contribution is -2.45. The molecule has 4 heteroatoms. The highest BCUT2D eigenvalue weighted by atomic mass is 16.3. The van der Waals surface area contributed by atoms with Crippen LogP contribution >= 0.6 is 0 Å². The normalized spacial score (nSPS) is 13.0. The van der Waals surface area contributed by atoms with Gasteiger partial charge in [-0.3, -0.25) is 4.79 Å². The molecule has 4 nitrogen and oxygen atoms in total. The van der Waals surface area contributed by atoms with E-state index in [1.54, 1.807) is 0 Å². The van der Waals surface area contributed by atoms with E-state index in [1.165, 1.54) is 270 Å². The highest BCUT2D eigenvalue weighted by molar-refractivity contribution is 5.76. The Morgan fingerprint density at radius 3 is 0.943 bits per heavy atom. The topological polar surface area (TPSA) is 69.6 Å². The van der Waals surface area contributed by atoms with Crippen molar-refractivity contribution in [3.05, 3.63) is 48.6 Å². The first kappa shape index (κ1) is 68.4. The summed E-state index contributed by atoms with van der Waals surface area (Å²) in [7, 11) is 0. The van der Waals surface area contributed by atoms with Crippen molar-refractivity contribution in [1.82, 2.24) is 5.32 Å². The van der Waals surface area contributed by atoms with E-state index < -0.39 is 12.1 Å². The lowest BCUT2D eigenvalue weighted by atomic mass is 10.0. The van der Waals surface area contributed by atoms with Crippen molar-refractivity contribution >= 4 is 5.91 Å². The summed E-state index contributed by atoms with van der Waals surface area (Å²) in [5.74, 6) is -0.0240. The summed E-state index contributed by atoms with van der Waals surface area (Å²) in [5.41, 5.74) is 0. The number of unbranched alkanes of at least 4 members (excludes halogenated alkanes) is 44. The molecule has 0 radical (unpaired) electrons. The van der Waals surface area contributed by atoms with Crippen LogP contribution in [0.4, 0.5) is 0 Å². The van der Waals surface area contributed by atoms with Crippen LogP contribution in [0.5, 0.6) is 0 Å². The maximum atomic E-state index is 12.5. The van der Waals surface area contributed by atoms with Crippen molar-refractivity contribution < 1.29 is 15.0 Å². The Hall–Kier alpha value is -1.65. The van der Waals surface area contributed by atoms with E-state index in [9.17, 15) is 15.0 Å². The van der Waals surface area contributed by atoms with Crippen LogP contribution in [0.3, 0.4) is 0 Å². The highest BCUT2D eigenvalue weighted by Crippen LogP contribution is 2.19. The van der Waals surface area contributed by atoms with Crippen molar-refractivity contribution in [3.8, 4) is 0 Å². The summed E-state index contributed by atoms with van der Waals surface area (Å²) in [6.45, 7) is 4.28. The van der Waals surface area contributed by atoms with Gasteiger partial charge in [0, 0.05) is 6.42 Å². The second-order valence-corrected chi connectivity index (χ2v) is 21.8. The number of hydrogen-bond acceptors (Lipinski definition) is 3. The first-order chi connectivity index (χ1) is 34.7. The lowest BCUT2D eigenvalue weighted by molar-refractivity contribution is -0.123. The Morgan fingerprint density at radius 2 is 0.629 bits per heavy atom. The van der Waals surface area contributed by atoms with Crippen molar-refractivity contribution in [3.63, 3.8) is 0 Å². The fourth-order valence-corrected chi connectivity index (χ4v) is 10.1. The molecule has 0 rings (SSSR count). The van der Waals surface area contributed by atoms with Crippen LogP contribution in [-0.2, 0) is 4.79 Å². The molecule has 0 aromatic heterocycles.